The topological polar surface area (TPSA) is 64.3 Å². The first-order valence-electron chi connectivity index (χ1n) is 10.5. The molecule has 6 nitrogen and oxygen atoms in total. The molecule has 32 heavy (non-hydrogen) atoms. The summed E-state index contributed by atoms with van der Waals surface area (Å²) in [4.78, 5) is 42.4. The average Bonchev–Trinajstić information content (AvgIpc) is 3.14. The van der Waals surface area contributed by atoms with Gasteiger partial charge in [-0.2, -0.15) is 0 Å². The lowest BCUT2D eigenvalue weighted by Crippen LogP contribution is -2.38. The van der Waals surface area contributed by atoms with Crippen LogP contribution in [0.3, 0.4) is 0 Å². The Hall–Kier alpha value is -3.45. The monoisotopic (exact) mass is 447 g/mol. The number of fused-ring (bicyclic) bond motifs is 1. The molecule has 7 heteroatoms. The summed E-state index contributed by atoms with van der Waals surface area (Å²) in [6, 6.07) is 17.1. The number of thiophene rings is 1. The molecule has 4 aromatic rings. The Bertz CT molecular complexity index is 1410. The van der Waals surface area contributed by atoms with Gasteiger partial charge in [0.2, 0.25) is 0 Å². The second-order valence-corrected chi connectivity index (χ2v) is 8.95. The van der Waals surface area contributed by atoms with Crippen LogP contribution in [0.2, 0.25) is 0 Å². The molecule has 2 aromatic heterocycles. The smallest absolute Gasteiger partial charge is 0.337 e. The highest BCUT2D eigenvalue weighted by molar-refractivity contribution is 7.20. The zero-order valence-corrected chi connectivity index (χ0v) is 19.4. The zero-order chi connectivity index (χ0) is 23.0. The van der Waals surface area contributed by atoms with Crippen LogP contribution in [0.25, 0.3) is 15.9 Å². The fourth-order valence-electron chi connectivity index (χ4n) is 3.77. The van der Waals surface area contributed by atoms with Gasteiger partial charge >= 0.3 is 5.69 Å². The molecule has 0 saturated heterocycles. The van der Waals surface area contributed by atoms with E-state index in [4.69, 9.17) is 0 Å². The van der Waals surface area contributed by atoms with Crippen LogP contribution in [-0.2, 0) is 13.0 Å². The zero-order valence-electron chi connectivity index (χ0n) is 18.6. The molecular weight excluding hydrogens is 422 g/mol. The van der Waals surface area contributed by atoms with Gasteiger partial charge in [0.25, 0.3) is 11.5 Å². The van der Waals surface area contributed by atoms with Crippen molar-refractivity contribution >= 4 is 27.5 Å². The molecule has 4 rings (SSSR count). The molecule has 0 aliphatic carbocycles. The maximum atomic E-state index is 13.6. The van der Waals surface area contributed by atoms with Crippen LogP contribution in [0.1, 0.15) is 33.3 Å². The third-order valence-corrected chi connectivity index (χ3v) is 6.90. The Labute approximate surface area is 190 Å². The molecule has 0 atom stereocenters. The van der Waals surface area contributed by atoms with Crippen molar-refractivity contribution in [2.75, 3.05) is 14.1 Å². The lowest BCUT2D eigenvalue weighted by Gasteiger charge is -2.13. The van der Waals surface area contributed by atoms with Gasteiger partial charge in [-0.05, 0) is 42.2 Å². The maximum absolute atomic E-state index is 13.6. The first-order chi connectivity index (χ1) is 15.3. The molecule has 2 aromatic carbocycles. The van der Waals surface area contributed by atoms with E-state index in [9.17, 15) is 14.4 Å². The van der Waals surface area contributed by atoms with Gasteiger partial charge in [-0.3, -0.25) is 14.2 Å². The van der Waals surface area contributed by atoms with E-state index in [0.717, 1.165) is 17.5 Å². The van der Waals surface area contributed by atoms with Gasteiger partial charge in [0.1, 0.15) is 4.83 Å². The Balaban J connectivity index is 2.06. The highest BCUT2D eigenvalue weighted by Crippen LogP contribution is 2.29. The molecule has 0 aliphatic rings. The van der Waals surface area contributed by atoms with Gasteiger partial charge in [-0.1, -0.05) is 49.4 Å². The van der Waals surface area contributed by atoms with E-state index in [-0.39, 0.29) is 5.91 Å². The molecule has 0 spiro atoms. The van der Waals surface area contributed by atoms with Crippen molar-refractivity contribution in [3.05, 3.63) is 97.0 Å². The summed E-state index contributed by atoms with van der Waals surface area (Å²) in [6.45, 7) is 4.13. The fraction of sp³-hybridized carbons (Fsp3) is 0.240. The summed E-state index contributed by atoms with van der Waals surface area (Å²) in [5.41, 5.74) is 2.37. The molecule has 1 amide bonds. The summed E-state index contributed by atoms with van der Waals surface area (Å²) in [5.74, 6) is -0.180. The van der Waals surface area contributed by atoms with E-state index in [0.29, 0.717) is 32.9 Å². The molecular formula is C25H25N3O3S. The minimum absolute atomic E-state index is 0.180. The minimum atomic E-state index is -0.416. The second kappa shape index (κ2) is 8.59. The predicted octanol–water partition coefficient (Wildman–Crippen LogP) is 3.83. The molecule has 0 aliphatic heterocycles. The summed E-state index contributed by atoms with van der Waals surface area (Å²) < 4.78 is 2.82. The molecule has 0 unspecified atom stereocenters. The summed E-state index contributed by atoms with van der Waals surface area (Å²) in [7, 11) is 3.35. The van der Waals surface area contributed by atoms with Gasteiger partial charge in [-0.15, -0.1) is 11.3 Å². The highest BCUT2D eigenvalue weighted by Gasteiger charge is 2.24. The third kappa shape index (κ3) is 3.69. The van der Waals surface area contributed by atoms with Crippen LogP contribution in [0, 0.1) is 6.92 Å². The predicted molar refractivity (Wildman–Crippen MR) is 129 cm³/mol. The number of hydrogen-bond acceptors (Lipinski definition) is 4. The normalized spacial score (nSPS) is 11.1. The number of benzene rings is 2. The number of nitrogens with zero attached hydrogens (tertiary/aromatic N) is 3. The van der Waals surface area contributed by atoms with Crippen molar-refractivity contribution < 1.29 is 4.79 Å². The number of amides is 1. The van der Waals surface area contributed by atoms with Crippen molar-refractivity contribution in [3.63, 3.8) is 0 Å². The quantitative estimate of drug-likeness (QED) is 0.467. The van der Waals surface area contributed by atoms with Gasteiger partial charge in [0.05, 0.1) is 22.5 Å². The number of aromatic nitrogens is 2. The highest BCUT2D eigenvalue weighted by atomic mass is 32.1. The third-order valence-electron chi connectivity index (χ3n) is 5.60. The average molecular weight is 448 g/mol. The van der Waals surface area contributed by atoms with Crippen LogP contribution in [0.5, 0.6) is 0 Å². The fourth-order valence-corrected chi connectivity index (χ4v) is 5.08. The van der Waals surface area contributed by atoms with Crippen LogP contribution in [0.15, 0.2) is 64.2 Å². The van der Waals surface area contributed by atoms with Crippen molar-refractivity contribution in [2.24, 2.45) is 0 Å². The number of rotatable bonds is 5. The van der Waals surface area contributed by atoms with Crippen LogP contribution in [0.4, 0.5) is 0 Å². The van der Waals surface area contributed by atoms with Crippen LogP contribution >= 0.6 is 11.3 Å². The molecule has 0 bridgehead atoms. The molecule has 0 fully saturated rings. The van der Waals surface area contributed by atoms with E-state index >= 15 is 0 Å². The van der Waals surface area contributed by atoms with E-state index in [1.165, 1.54) is 20.8 Å². The van der Waals surface area contributed by atoms with Crippen molar-refractivity contribution in [2.45, 2.75) is 26.8 Å². The Morgan fingerprint density at radius 2 is 1.62 bits per heavy atom. The van der Waals surface area contributed by atoms with Crippen molar-refractivity contribution in [1.82, 2.24) is 14.0 Å². The van der Waals surface area contributed by atoms with Gasteiger partial charge in [0, 0.05) is 14.1 Å². The molecule has 164 valence electrons. The van der Waals surface area contributed by atoms with Crippen LogP contribution in [-0.4, -0.2) is 34.0 Å². The number of aryl methyl sites for hydroxylation is 2. The van der Waals surface area contributed by atoms with Crippen molar-refractivity contribution in [1.29, 1.82) is 0 Å². The lowest BCUT2D eigenvalue weighted by atomic mass is 10.1. The van der Waals surface area contributed by atoms with Gasteiger partial charge in [0.15, 0.2) is 0 Å². The summed E-state index contributed by atoms with van der Waals surface area (Å²) in [5, 5.41) is 0.412. The molecule has 0 saturated carbocycles. The summed E-state index contributed by atoms with van der Waals surface area (Å²) >= 11 is 1.20. The number of carbonyl (C=O) groups is 1. The molecule has 2 heterocycles. The standard InChI is InChI=1S/C25H25N3O3S/c1-5-17-11-13-19(14-12-17)28-22(29)20-16(2)21(23(30)26(3)4)32-24(20)27(25(28)31)15-18-9-7-6-8-10-18/h6-14H,5,15H2,1-4H3. The lowest BCUT2D eigenvalue weighted by molar-refractivity contribution is 0.0831. The van der Waals surface area contributed by atoms with Gasteiger partial charge in [-0.25, -0.2) is 9.36 Å². The maximum Gasteiger partial charge on any atom is 0.337 e. The largest absolute Gasteiger partial charge is 0.344 e. The van der Waals surface area contributed by atoms with Crippen molar-refractivity contribution in [3.8, 4) is 5.69 Å². The van der Waals surface area contributed by atoms with Gasteiger partial charge < -0.3 is 4.90 Å². The minimum Gasteiger partial charge on any atom is -0.344 e. The first-order valence-corrected chi connectivity index (χ1v) is 11.3. The van der Waals surface area contributed by atoms with E-state index < -0.39 is 11.2 Å². The van der Waals surface area contributed by atoms with E-state index in [1.54, 1.807) is 37.7 Å². The SMILES string of the molecule is CCc1ccc(-n2c(=O)c3c(C)c(C(=O)N(C)C)sc3n(Cc3ccccc3)c2=O)cc1. The van der Waals surface area contributed by atoms with Crippen LogP contribution < -0.4 is 11.2 Å². The van der Waals surface area contributed by atoms with E-state index in [2.05, 4.69) is 6.92 Å². The number of carbonyl (C=O) groups excluding carboxylic acids is 1. The second-order valence-electron chi connectivity index (χ2n) is 7.95. The first kappa shape index (κ1) is 21.8. The van der Waals surface area contributed by atoms with E-state index in [1.807, 2.05) is 42.5 Å². The molecule has 0 N–H and O–H groups in total. The Morgan fingerprint density at radius 1 is 0.969 bits per heavy atom. The molecule has 0 radical (unpaired) electrons. The summed E-state index contributed by atoms with van der Waals surface area (Å²) in [6.07, 6.45) is 0.867. The number of hydrogen-bond donors (Lipinski definition) is 0. The Kier molecular flexibility index (Phi) is 5.84. The Morgan fingerprint density at radius 3 is 2.22 bits per heavy atom.